The average Bonchev–Trinajstić information content (AvgIpc) is 2.69. The number of aliphatic carboxylic acids is 1. The molecule has 1 aromatic carbocycles. The molecule has 1 aliphatic rings. The molecule has 1 aliphatic carbocycles. The summed E-state index contributed by atoms with van der Waals surface area (Å²) in [4.78, 5) is 11.0. The Balaban J connectivity index is 2.03. The fourth-order valence-corrected chi connectivity index (χ4v) is 2.30. The molecule has 0 amide bonds. The quantitative estimate of drug-likeness (QED) is 0.928. The van der Waals surface area contributed by atoms with Crippen molar-refractivity contribution < 1.29 is 14.6 Å². The largest absolute Gasteiger partial charge is 0.490 e. The summed E-state index contributed by atoms with van der Waals surface area (Å²) in [5, 5.41) is 9.02. The van der Waals surface area contributed by atoms with Gasteiger partial charge in [0.2, 0.25) is 0 Å². The first-order chi connectivity index (χ1) is 7.66. The maximum atomic E-state index is 11.0. The minimum Gasteiger partial charge on any atom is -0.490 e. The van der Waals surface area contributed by atoms with E-state index in [2.05, 4.69) is 15.9 Å². The summed E-state index contributed by atoms with van der Waals surface area (Å²) in [6.07, 6.45) is 2.29. The van der Waals surface area contributed by atoms with Crippen LogP contribution in [-0.2, 0) is 4.79 Å². The van der Waals surface area contributed by atoms with Crippen molar-refractivity contribution in [3.05, 3.63) is 28.7 Å². The summed E-state index contributed by atoms with van der Waals surface area (Å²) >= 11 is 3.34. The second-order valence-corrected chi connectivity index (χ2v) is 4.90. The van der Waals surface area contributed by atoms with Gasteiger partial charge in [0.05, 0.1) is 5.92 Å². The van der Waals surface area contributed by atoms with E-state index in [0.29, 0.717) is 0 Å². The molecule has 2 unspecified atom stereocenters. The van der Waals surface area contributed by atoms with Gasteiger partial charge in [-0.25, -0.2) is 0 Å². The molecule has 2 atom stereocenters. The van der Waals surface area contributed by atoms with Crippen LogP contribution in [0.1, 0.15) is 19.3 Å². The van der Waals surface area contributed by atoms with E-state index in [1.807, 2.05) is 24.3 Å². The molecule has 3 nitrogen and oxygen atoms in total. The van der Waals surface area contributed by atoms with Crippen LogP contribution in [0.15, 0.2) is 28.7 Å². The number of rotatable bonds is 3. The number of benzene rings is 1. The van der Waals surface area contributed by atoms with E-state index in [4.69, 9.17) is 9.84 Å². The molecule has 0 heterocycles. The monoisotopic (exact) mass is 284 g/mol. The third-order valence-corrected chi connectivity index (χ3v) is 3.40. The van der Waals surface area contributed by atoms with Gasteiger partial charge in [-0.2, -0.15) is 0 Å². The Kier molecular flexibility index (Phi) is 3.49. The van der Waals surface area contributed by atoms with Crippen molar-refractivity contribution in [1.82, 2.24) is 0 Å². The first-order valence-corrected chi connectivity index (χ1v) is 6.11. The van der Waals surface area contributed by atoms with Crippen LogP contribution in [0.2, 0.25) is 0 Å². The Morgan fingerprint density at radius 1 is 1.31 bits per heavy atom. The number of ether oxygens (including phenoxy) is 1. The Morgan fingerprint density at radius 2 is 2.00 bits per heavy atom. The highest BCUT2D eigenvalue weighted by Crippen LogP contribution is 2.30. The standard InChI is InChI=1S/C12H13BrO3/c13-8-4-6-9(7-5-8)16-11-3-1-2-10(11)12(14)15/h4-7,10-11H,1-3H2,(H,14,15). The van der Waals surface area contributed by atoms with Crippen molar-refractivity contribution in [3.63, 3.8) is 0 Å². The van der Waals surface area contributed by atoms with Gasteiger partial charge in [-0.3, -0.25) is 4.79 Å². The number of hydrogen-bond acceptors (Lipinski definition) is 2. The van der Waals surface area contributed by atoms with Gasteiger partial charge < -0.3 is 9.84 Å². The Bertz CT molecular complexity index is 374. The summed E-state index contributed by atoms with van der Waals surface area (Å²) in [5.41, 5.74) is 0. The zero-order valence-electron chi connectivity index (χ0n) is 8.73. The summed E-state index contributed by atoms with van der Waals surface area (Å²) < 4.78 is 6.69. The predicted molar refractivity (Wildman–Crippen MR) is 63.5 cm³/mol. The second kappa shape index (κ2) is 4.87. The highest BCUT2D eigenvalue weighted by molar-refractivity contribution is 9.10. The molecule has 16 heavy (non-hydrogen) atoms. The molecule has 0 radical (unpaired) electrons. The molecule has 0 saturated heterocycles. The highest BCUT2D eigenvalue weighted by atomic mass is 79.9. The van der Waals surface area contributed by atoms with Gasteiger partial charge in [0, 0.05) is 4.47 Å². The lowest BCUT2D eigenvalue weighted by molar-refractivity contribution is -0.143. The van der Waals surface area contributed by atoms with E-state index in [-0.39, 0.29) is 12.0 Å². The molecule has 4 heteroatoms. The molecule has 0 bridgehead atoms. The van der Waals surface area contributed by atoms with E-state index in [0.717, 1.165) is 29.5 Å². The highest BCUT2D eigenvalue weighted by Gasteiger charge is 2.34. The lowest BCUT2D eigenvalue weighted by Gasteiger charge is -2.18. The summed E-state index contributed by atoms with van der Waals surface area (Å²) in [7, 11) is 0. The van der Waals surface area contributed by atoms with E-state index in [1.165, 1.54) is 0 Å². The number of carboxylic acid groups (broad SMARTS) is 1. The summed E-state index contributed by atoms with van der Waals surface area (Å²) in [6, 6.07) is 7.47. The number of hydrogen-bond donors (Lipinski definition) is 1. The Labute approximate surface area is 103 Å². The van der Waals surface area contributed by atoms with Crippen LogP contribution < -0.4 is 4.74 Å². The molecule has 1 N–H and O–H groups in total. The molecule has 0 aliphatic heterocycles. The molecular formula is C12H13BrO3. The number of carboxylic acids is 1. The molecule has 0 aromatic heterocycles. The van der Waals surface area contributed by atoms with Gasteiger partial charge in [0.1, 0.15) is 11.9 Å². The van der Waals surface area contributed by atoms with Crippen molar-refractivity contribution >= 4 is 21.9 Å². The van der Waals surface area contributed by atoms with E-state index >= 15 is 0 Å². The van der Waals surface area contributed by atoms with E-state index in [1.54, 1.807) is 0 Å². The first-order valence-electron chi connectivity index (χ1n) is 5.32. The molecule has 86 valence electrons. The average molecular weight is 285 g/mol. The predicted octanol–water partition coefficient (Wildman–Crippen LogP) is 3.08. The van der Waals surface area contributed by atoms with Crippen LogP contribution in [0.25, 0.3) is 0 Å². The van der Waals surface area contributed by atoms with Crippen molar-refractivity contribution in [2.75, 3.05) is 0 Å². The minimum absolute atomic E-state index is 0.182. The smallest absolute Gasteiger partial charge is 0.310 e. The fraction of sp³-hybridized carbons (Fsp3) is 0.417. The normalized spacial score (nSPS) is 24.3. The first kappa shape index (κ1) is 11.5. The minimum atomic E-state index is -0.750. The molecular weight excluding hydrogens is 272 g/mol. The van der Waals surface area contributed by atoms with E-state index in [9.17, 15) is 4.79 Å². The maximum Gasteiger partial charge on any atom is 0.310 e. The maximum absolute atomic E-state index is 11.0. The van der Waals surface area contributed by atoms with Crippen molar-refractivity contribution in [2.24, 2.45) is 5.92 Å². The van der Waals surface area contributed by atoms with Gasteiger partial charge in [-0.15, -0.1) is 0 Å². The zero-order chi connectivity index (χ0) is 11.5. The van der Waals surface area contributed by atoms with Crippen LogP contribution in [0.5, 0.6) is 5.75 Å². The lowest BCUT2D eigenvalue weighted by atomic mass is 10.1. The molecule has 1 saturated carbocycles. The SMILES string of the molecule is O=C(O)C1CCCC1Oc1ccc(Br)cc1. The van der Waals surface area contributed by atoms with Crippen molar-refractivity contribution in [3.8, 4) is 5.75 Å². The summed E-state index contributed by atoms with van der Waals surface area (Å²) in [5.74, 6) is -0.371. The van der Waals surface area contributed by atoms with Crippen LogP contribution in [0, 0.1) is 5.92 Å². The topological polar surface area (TPSA) is 46.5 Å². The van der Waals surface area contributed by atoms with Gasteiger partial charge in [-0.05, 0) is 43.5 Å². The van der Waals surface area contributed by atoms with Crippen molar-refractivity contribution in [1.29, 1.82) is 0 Å². The van der Waals surface area contributed by atoms with Gasteiger partial charge in [0.15, 0.2) is 0 Å². The van der Waals surface area contributed by atoms with Gasteiger partial charge >= 0.3 is 5.97 Å². The van der Waals surface area contributed by atoms with E-state index < -0.39 is 5.97 Å². The van der Waals surface area contributed by atoms with Crippen LogP contribution in [0.4, 0.5) is 0 Å². The molecule has 0 spiro atoms. The molecule has 2 rings (SSSR count). The second-order valence-electron chi connectivity index (χ2n) is 3.99. The Hall–Kier alpha value is -1.03. The molecule has 1 aromatic rings. The van der Waals surface area contributed by atoms with Gasteiger partial charge in [-0.1, -0.05) is 15.9 Å². The zero-order valence-corrected chi connectivity index (χ0v) is 10.3. The Morgan fingerprint density at radius 3 is 2.62 bits per heavy atom. The van der Waals surface area contributed by atoms with Crippen LogP contribution >= 0.6 is 15.9 Å². The lowest BCUT2D eigenvalue weighted by Crippen LogP contribution is -2.27. The number of carbonyl (C=O) groups is 1. The fourth-order valence-electron chi connectivity index (χ4n) is 2.04. The third kappa shape index (κ3) is 2.55. The van der Waals surface area contributed by atoms with Crippen LogP contribution in [-0.4, -0.2) is 17.2 Å². The third-order valence-electron chi connectivity index (χ3n) is 2.87. The summed E-state index contributed by atoms with van der Waals surface area (Å²) in [6.45, 7) is 0. The van der Waals surface area contributed by atoms with Crippen molar-refractivity contribution in [2.45, 2.75) is 25.4 Å². The number of halogens is 1. The molecule has 1 fully saturated rings. The van der Waals surface area contributed by atoms with Crippen LogP contribution in [0.3, 0.4) is 0 Å². The van der Waals surface area contributed by atoms with Gasteiger partial charge in [0.25, 0.3) is 0 Å².